The Balaban J connectivity index is 1.93. The number of sulfonamides is 1. The van der Waals surface area contributed by atoms with Gasteiger partial charge >= 0.3 is 0 Å². The lowest BCUT2D eigenvalue weighted by Gasteiger charge is -2.28. The normalized spacial score (nSPS) is 24.5. The van der Waals surface area contributed by atoms with E-state index in [0.717, 1.165) is 25.7 Å². The molecular formula is C14H22N4O2S. The standard InChI is InChI=1S/C14H22N4O2S/c15-17-12-7-3-9-16-14(12)21(19,20)18-10-4-8-13(18)11-5-1-2-6-11/h3,7,9,11,13,17H,1-2,4-6,8,10,15H2. The van der Waals surface area contributed by atoms with Crippen molar-refractivity contribution in [3.05, 3.63) is 18.3 Å². The Morgan fingerprint density at radius 2 is 2.00 bits per heavy atom. The van der Waals surface area contributed by atoms with Crippen molar-refractivity contribution in [3.63, 3.8) is 0 Å². The Kier molecular flexibility index (Phi) is 4.14. The Labute approximate surface area is 125 Å². The molecule has 1 aliphatic carbocycles. The van der Waals surface area contributed by atoms with Crippen molar-refractivity contribution in [2.45, 2.75) is 49.6 Å². The number of hydrogen-bond donors (Lipinski definition) is 2. The second-order valence-electron chi connectivity index (χ2n) is 5.87. The van der Waals surface area contributed by atoms with Gasteiger partial charge in [0, 0.05) is 18.8 Å². The summed E-state index contributed by atoms with van der Waals surface area (Å²) < 4.78 is 27.6. The molecule has 0 bridgehead atoms. The number of anilines is 1. The molecule has 0 amide bonds. The average molecular weight is 310 g/mol. The van der Waals surface area contributed by atoms with Crippen molar-refractivity contribution >= 4 is 15.7 Å². The molecule has 6 nitrogen and oxygen atoms in total. The predicted molar refractivity (Wildman–Crippen MR) is 80.9 cm³/mol. The van der Waals surface area contributed by atoms with Crippen molar-refractivity contribution in [2.75, 3.05) is 12.0 Å². The average Bonchev–Trinajstić information content (AvgIpc) is 3.17. The van der Waals surface area contributed by atoms with Gasteiger partial charge in [-0.3, -0.25) is 5.84 Å². The van der Waals surface area contributed by atoms with Crippen LogP contribution in [0.4, 0.5) is 5.69 Å². The third-order valence-corrected chi connectivity index (χ3v) is 6.56. The van der Waals surface area contributed by atoms with Crippen LogP contribution in [-0.4, -0.2) is 30.3 Å². The van der Waals surface area contributed by atoms with Gasteiger partial charge in [0.25, 0.3) is 10.0 Å². The molecule has 2 heterocycles. The van der Waals surface area contributed by atoms with E-state index in [1.807, 2.05) is 0 Å². The largest absolute Gasteiger partial charge is 0.321 e. The summed E-state index contributed by atoms with van der Waals surface area (Å²) in [6, 6.07) is 3.44. The van der Waals surface area contributed by atoms with Gasteiger partial charge < -0.3 is 5.43 Å². The molecule has 1 aromatic rings. The molecule has 1 aliphatic heterocycles. The quantitative estimate of drug-likeness (QED) is 0.653. The van der Waals surface area contributed by atoms with Crippen LogP contribution in [0.25, 0.3) is 0 Å². The highest BCUT2D eigenvalue weighted by molar-refractivity contribution is 7.89. The van der Waals surface area contributed by atoms with Crippen molar-refractivity contribution in [3.8, 4) is 0 Å². The number of aromatic nitrogens is 1. The van der Waals surface area contributed by atoms with Gasteiger partial charge in [0.05, 0.1) is 5.69 Å². The number of pyridine rings is 1. The molecular weight excluding hydrogens is 288 g/mol. The molecule has 3 rings (SSSR count). The van der Waals surface area contributed by atoms with E-state index in [-0.39, 0.29) is 11.1 Å². The summed E-state index contributed by atoms with van der Waals surface area (Å²) in [4.78, 5) is 4.05. The summed E-state index contributed by atoms with van der Waals surface area (Å²) in [5.41, 5.74) is 2.80. The van der Waals surface area contributed by atoms with Crippen LogP contribution in [0.2, 0.25) is 0 Å². The number of hydrazine groups is 1. The van der Waals surface area contributed by atoms with Gasteiger partial charge in [0.2, 0.25) is 0 Å². The molecule has 21 heavy (non-hydrogen) atoms. The van der Waals surface area contributed by atoms with Crippen LogP contribution >= 0.6 is 0 Å². The maximum Gasteiger partial charge on any atom is 0.262 e. The van der Waals surface area contributed by atoms with E-state index in [2.05, 4.69) is 10.4 Å². The van der Waals surface area contributed by atoms with Crippen LogP contribution in [-0.2, 0) is 10.0 Å². The number of nitrogens with one attached hydrogen (secondary N) is 1. The fraction of sp³-hybridized carbons (Fsp3) is 0.643. The molecule has 0 spiro atoms. The van der Waals surface area contributed by atoms with Crippen molar-refractivity contribution < 1.29 is 8.42 Å². The lowest BCUT2D eigenvalue weighted by Crippen LogP contribution is -2.40. The lowest BCUT2D eigenvalue weighted by atomic mass is 9.97. The van der Waals surface area contributed by atoms with Gasteiger partial charge in [-0.25, -0.2) is 13.4 Å². The minimum atomic E-state index is -3.59. The second kappa shape index (κ2) is 5.90. The van der Waals surface area contributed by atoms with E-state index >= 15 is 0 Å². The van der Waals surface area contributed by atoms with E-state index in [1.54, 1.807) is 16.4 Å². The summed E-state index contributed by atoms with van der Waals surface area (Å²) in [6.07, 6.45) is 8.10. The summed E-state index contributed by atoms with van der Waals surface area (Å²) in [6.45, 7) is 0.587. The smallest absolute Gasteiger partial charge is 0.262 e. The minimum absolute atomic E-state index is 0.0393. The molecule has 3 N–H and O–H groups in total. The third-order valence-electron chi connectivity index (χ3n) is 4.67. The maximum absolute atomic E-state index is 12.9. The highest BCUT2D eigenvalue weighted by Crippen LogP contribution is 2.38. The van der Waals surface area contributed by atoms with E-state index in [4.69, 9.17) is 5.84 Å². The van der Waals surface area contributed by atoms with Gasteiger partial charge in [-0.1, -0.05) is 12.8 Å². The van der Waals surface area contributed by atoms with Crippen LogP contribution in [0.5, 0.6) is 0 Å². The topological polar surface area (TPSA) is 88.3 Å². The van der Waals surface area contributed by atoms with Crippen molar-refractivity contribution in [1.29, 1.82) is 0 Å². The van der Waals surface area contributed by atoms with Gasteiger partial charge in [-0.05, 0) is 43.7 Å². The first-order valence-electron chi connectivity index (χ1n) is 7.58. The zero-order valence-electron chi connectivity index (χ0n) is 12.0. The van der Waals surface area contributed by atoms with Crippen LogP contribution in [0.15, 0.2) is 23.4 Å². The molecule has 7 heteroatoms. The summed E-state index contributed by atoms with van der Waals surface area (Å²) >= 11 is 0. The fourth-order valence-electron chi connectivity index (χ4n) is 3.69. The molecule has 1 saturated heterocycles. The number of hydrogen-bond acceptors (Lipinski definition) is 5. The first kappa shape index (κ1) is 14.7. The van der Waals surface area contributed by atoms with Crippen LogP contribution < -0.4 is 11.3 Å². The van der Waals surface area contributed by atoms with E-state index in [9.17, 15) is 8.42 Å². The lowest BCUT2D eigenvalue weighted by molar-refractivity contribution is 0.288. The zero-order valence-corrected chi connectivity index (χ0v) is 12.8. The molecule has 0 radical (unpaired) electrons. The molecule has 2 aliphatic rings. The van der Waals surface area contributed by atoms with Crippen molar-refractivity contribution in [2.24, 2.45) is 11.8 Å². The van der Waals surface area contributed by atoms with Gasteiger partial charge in [-0.15, -0.1) is 0 Å². The Hall–Kier alpha value is -1.18. The highest BCUT2D eigenvalue weighted by Gasteiger charge is 2.41. The van der Waals surface area contributed by atoms with E-state index in [0.29, 0.717) is 18.2 Å². The SMILES string of the molecule is NNc1cccnc1S(=O)(=O)N1CCCC1C1CCCC1. The molecule has 0 aromatic carbocycles. The third kappa shape index (κ3) is 2.65. The number of nitrogens with zero attached hydrogens (tertiary/aromatic N) is 2. The number of rotatable bonds is 4. The Morgan fingerprint density at radius 1 is 1.24 bits per heavy atom. The molecule has 1 atom stereocenters. The van der Waals surface area contributed by atoms with Crippen LogP contribution in [0.1, 0.15) is 38.5 Å². The van der Waals surface area contributed by atoms with Crippen LogP contribution in [0, 0.1) is 5.92 Å². The number of nitrogens with two attached hydrogens (primary N) is 1. The van der Waals surface area contributed by atoms with Crippen LogP contribution in [0.3, 0.4) is 0 Å². The second-order valence-corrected chi connectivity index (χ2v) is 7.68. The molecule has 1 aromatic heterocycles. The first-order valence-corrected chi connectivity index (χ1v) is 9.02. The van der Waals surface area contributed by atoms with Gasteiger partial charge in [0.1, 0.15) is 0 Å². The highest BCUT2D eigenvalue weighted by atomic mass is 32.2. The molecule has 116 valence electrons. The van der Waals surface area contributed by atoms with E-state index in [1.165, 1.54) is 19.0 Å². The summed E-state index contributed by atoms with van der Waals surface area (Å²) in [7, 11) is -3.59. The Morgan fingerprint density at radius 3 is 2.71 bits per heavy atom. The number of nitrogen functional groups attached to an aromatic ring is 1. The maximum atomic E-state index is 12.9. The Bertz CT molecular complexity index is 599. The first-order chi connectivity index (χ1) is 10.1. The summed E-state index contributed by atoms with van der Waals surface area (Å²) in [5.74, 6) is 5.93. The predicted octanol–water partition coefficient (Wildman–Crippen LogP) is 1.71. The molecule has 1 unspecified atom stereocenters. The monoisotopic (exact) mass is 310 g/mol. The zero-order chi connectivity index (χ0) is 14.9. The minimum Gasteiger partial charge on any atom is -0.321 e. The fourth-order valence-corrected chi connectivity index (χ4v) is 5.52. The van der Waals surface area contributed by atoms with E-state index < -0.39 is 10.0 Å². The van der Waals surface area contributed by atoms with Gasteiger partial charge in [-0.2, -0.15) is 4.31 Å². The summed E-state index contributed by atoms with van der Waals surface area (Å²) in [5, 5.41) is 0.0393. The van der Waals surface area contributed by atoms with Gasteiger partial charge in [0.15, 0.2) is 5.03 Å². The molecule has 2 fully saturated rings. The van der Waals surface area contributed by atoms with Crippen molar-refractivity contribution in [1.82, 2.24) is 9.29 Å². The molecule has 1 saturated carbocycles.